The van der Waals surface area contributed by atoms with Crippen molar-refractivity contribution >= 4 is 19.0 Å². The van der Waals surface area contributed by atoms with Crippen LogP contribution in [0, 0.1) is 0 Å². The smallest absolute Gasteiger partial charge is 0.176 e. The SMILES string of the molecule is CC1CC(C)O[PH](=S)O1. The van der Waals surface area contributed by atoms with E-state index in [1.165, 1.54) is 0 Å². The van der Waals surface area contributed by atoms with E-state index in [4.69, 9.17) is 20.9 Å². The summed E-state index contributed by atoms with van der Waals surface area (Å²) in [6.07, 6.45) is 1.59. The van der Waals surface area contributed by atoms with Crippen molar-refractivity contribution in [3.63, 3.8) is 0 Å². The van der Waals surface area contributed by atoms with Crippen LogP contribution in [0.2, 0.25) is 0 Å². The van der Waals surface area contributed by atoms with Crippen LogP contribution >= 0.6 is 7.15 Å². The third-order valence-electron chi connectivity index (χ3n) is 1.26. The Kier molecular flexibility index (Phi) is 2.65. The molecule has 0 aromatic rings. The predicted octanol–water partition coefficient (Wildman–Crippen LogP) is 1.71. The summed E-state index contributed by atoms with van der Waals surface area (Å²) < 4.78 is 10.5. The molecule has 0 radical (unpaired) electrons. The Morgan fingerprint density at radius 3 is 2.11 bits per heavy atom. The Bertz CT molecular complexity index is 116. The van der Waals surface area contributed by atoms with Gasteiger partial charge in [-0.2, -0.15) is 0 Å². The first-order chi connectivity index (χ1) is 4.18. The Balaban J connectivity index is 2.43. The predicted molar refractivity (Wildman–Crippen MR) is 41.4 cm³/mol. The largest absolute Gasteiger partial charge is 0.328 e. The molecule has 54 valence electrons. The topological polar surface area (TPSA) is 18.5 Å². The van der Waals surface area contributed by atoms with Crippen molar-refractivity contribution in [2.75, 3.05) is 0 Å². The van der Waals surface area contributed by atoms with E-state index in [-0.39, 0.29) is 0 Å². The van der Waals surface area contributed by atoms with Gasteiger partial charge in [0.2, 0.25) is 0 Å². The second kappa shape index (κ2) is 3.11. The zero-order valence-corrected chi connectivity index (χ0v) is 7.40. The molecule has 1 aliphatic heterocycles. The number of hydrogen-bond acceptors (Lipinski definition) is 3. The average Bonchev–Trinajstić information content (AvgIpc) is 1.59. The molecule has 0 spiro atoms. The lowest BCUT2D eigenvalue weighted by Crippen LogP contribution is -2.19. The highest BCUT2D eigenvalue weighted by Crippen LogP contribution is 2.35. The first kappa shape index (κ1) is 7.67. The normalized spacial score (nSPS) is 44.9. The molecular formula is C5H11O2PS. The molecule has 2 nitrogen and oxygen atoms in total. The molecule has 2 unspecified atom stereocenters. The lowest BCUT2D eigenvalue weighted by atomic mass is 10.2. The van der Waals surface area contributed by atoms with Gasteiger partial charge in [0, 0.05) is 6.42 Å². The molecule has 0 saturated carbocycles. The van der Waals surface area contributed by atoms with Crippen LogP contribution < -0.4 is 0 Å². The first-order valence-corrected chi connectivity index (χ1v) is 5.50. The Hall–Kier alpha value is 0.570. The van der Waals surface area contributed by atoms with E-state index in [9.17, 15) is 0 Å². The van der Waals surface area contributed by atoms with E-state index in [1.807, 2.05) is 13.8 Å². The fourth-order valence-corrected chi connectivity index (χ4v) is 2.81. The van der Waals surface area contributed by atoms with Crippen LogP contribution in [0.1, 0.15) is 20.3 Å². The van der Waals surface area contributed by atoms with Crippen LogP contribution in [0.15, 0.2) is 0 Å². The van der Waals surface area contributed by atoms with Crippen molar-refractivity contribution in [1.82, 2.24) is 0 Å². The summed E-state index contributed by atoms with van der Waals surface area (Å²) >= 11 is 4.90. The lowest BCUT2D eigenvalue weighted by molar-refractivity contribution is 0.0825. The maximum absolute atomic E-state index is 5.25. The van der Waals surface area contributed by atoms with Crippen molar-refractivity contribution in [3.05, 3.63) is 0 Å². The highest BCUT2D eigenvalue weighted by molar-refractivity contribution is 8.00. The van der Waals surface area contributed by atoms with Gasteiger partial charge in [-0.05, 0) is 25.7 Å². The van der Waals surface area contributed by atoms with Crippen molar-refractivity contribution in [1.29, 1.82) is 0 Å². The van der Waals surface area contributed by atoms with E-state index in [1.54, 1.807) is 0 Å². The molecule has 0 bridgehead atoms. The molecule has 1 rings (SSSR count). The highest BCUT2D eigenvalue weighted by atomic mass is 32.4. The van der Waals surface area contributed by atoms with Crippen LogP contribution in [0.3, 0.4) is 0 Å². The van der Waals surface area contributed by atoms with E-state index in [0.717, 1.165) is 6.42 Å². The van der Waals surface area contributed by atoms with Crippen LogP contribution in [-0.4, -0.2) is 12.2 Å². The number of rotatable bonds is 0. The molecule has 1 fully saturated rings. The minimum atomic E-state index is -1.31. The molecule has 0 aromatic heterocycles. The van der Waals surface area contributed by atoms with Gasteiger partial charge in [-0.25, -0.2) is 0 Å². The molecule has 1 saturated heterocycles. The monoisotopic (exact) mass is 166 g/mol. The van der Waals surface area contributed by atoms with E-state index in [2.05, 4.69) is 0 Å². The average molecular weight is 166 g/mol. The van der Waals surface area contributed by atoms with Gasteiger partial charge in [-0.15, -0.1) is 0 Å². The molecule has 0 N–H and O–H groups in total. The summed E-state index contributed by atoms with van der Waals surface area (Å²) in [7, 11) is -1.31. The fraction of sp³-hybridized carbons (Fsp3) is 1.00. The Morgan fingerprint density at radius 1 is 1.33 bits per heavy atom. The van der Waals surface area contributed by atoms with Crippen LogP contribution in [0.5, 0.6) is 0 Å². The van der Waals surface area contributed by atoms with E-state index >= 15 is 0 Å². The minimum Gasteiger partial charge on any atom is -0.328 e. The molecule has 4 heteroatoms. The molecule has 9 heavy (non-hydrogen) atoms. The third-order valence-corrected chi connectivity index (χ3v) is 3.03. The second-order valence-corrected chi connectivity index (χ2v) is 4.31. The van der Waals surface area contributed by atoms with Gasteiger partial charge >= 0.3 is 0 Å². The summed E-state index contributed by atoms with van der Waals surface area (Å²) in [5.41, 5.74) is 0. The van der Waals surface area contributed by atoms with Crippen LogP contribution in [-0.2, 0) is 20.9 Å². The standard InChI is InChI=1S/C5H11O2PS/c1-4-3-5(2)7-8(9)6-4/h4-5,8H,3H2,1-2H3. The van der Waals surface area contributed by atoms with Gasteiger partial charge in [0.05, 0.1) is 12.2 Å². The molecule has 0 aliphatic carbocycles. The van der Waals surface area contributed by atoms with Crippen molar-refractivity contribution < 1.29 is 9.05 Å². The summed E-state index contributed by atoms with van der Waals surface area (Å²) in [6, 6.07) is 0. The maximum Gasteiger partial charge on any atom is 0.176 e. The van der Waals surface area contributed by atoms with Gasteiger partial charge in [-0.1, -0.05) is 0 Å². The molecule has 1 heterocycles. The Labute approximate surface area is 61.1 Å². The highest BCUT2D eigenvalue weighted by Gasteiger charge is 2.18. The summed E-state index contributed by atoms with van der Waals surface area (Å²) in [5.74, 6) is 0. The van der Waals surface area contributed by atoms with Gasteiger partial charge < -0.3 is 9.05 Å². The first-order valence-electron chi connectivity index (χ1n) is 3.05. The molecular weight excluding hydrogens is 155 g/mol. The lowest BCUT2D eigenvalue weighted by Gasteiger charge is -2.25. The molecule has 0 aromatic carbocycles. The van der Waals surface area contributed by atoms with E-state index in [0.29, 0.717) is 12.2 Å². The van der Waals surface area contributed by atoms with Gasteiger partial charge in [0.25, 0.3) is 0 Å². The fourth-order valence-electron chi connectivity index (χ4n) is 0.920. The summed E-state index contributed by atoms with van der Waals surface area (Å²) in [4.78, 5) is 0. The molecule has 1 aliphatic rings. The minimum absolute atomic E-state index is 0.306. The van der Waals surface area contributed by atoms with Crippen LogP contribution in [0.25, 0.3) is 0 Å². The van der Waals surface area contributed by atoms with Crippen molar-refractivity contribution in [2.24, 2.45) is 0 Å². The maximum atomic E-state index is 5.25. The number of hydrogen-bond donors (Lipinski definition) is 0. The summed E-state index contributed by atoms with van der Waals surface area (Å²) in [6.45, 7) is 4.08. The van der Waals surface area contributed by atoms with Crippen LogP contribution in [0.4, 0.5) is 0 Å². The van der Waals surface area contributed by atoms with Crippen molar-refractivity contribution in [3.8, 4) is 0 Å². The summed E-state index contributed by atoms with van der Waals surface area (Å²) in [5, 5.41) is 0. The quantitative estimate of drug-likeness (QED) is 0.510. The van der Waals surface area contributed by atoms with E-state index < -0.39 is 7.15 Å². The molecule has 0 amide bonds. The van der Waals surface area contributed by atoms with Gasteiger partial charge in [0.15, 0.2) is 7.15 Å². The third kappa shape index (κ3) is 2.34. The zero-order valence-electron chi connectivity index (χ0n) is 5.59. The Morgan fingerprint density at radius 2 is 1.78 bits per heavy atom. The van der Waals surface area contributed by atoms with Gasteiger partial charge in [-0.3, -0.25) is 0 Å². The zero-order chi connectivity index (χ0) is 6.85. The second-order valence-electron chi connectivity index (χ2n) is 2.34. The van der Waals surface area contributed by atoms with Gasteiger partial charge in [0.1, 0.15) is 0 Å². The molecule has 2 atom stereocenters. The van der Waals surface area contributed by atoms with Crippen molar-refractivity contribution in [2.45, 2.75) is 32.5 Å².